The number of rotatable bonds is 5. The van der Waals surface area contributed by atoms with Crippen LogP contribution in [0.4, 0.5) is 5.13 Å². The van der Waals surface area contributed by atoms with Crippen molar-refractivity contribution >= 4 is 33.7 Å². The van der Waals surface area contributed by atoms with Gasteiger partial charge < -0.3 is 9.47 Å². The molecule has 0 saturated carbocycles. The van der Waals surface area contributed by atoms with E-state index in [9.17, 15) is 4.79 Å². The van der Waals surface area contributed by atoms with Gasteiger partial charge in [0.1, 0.15) is 11.5 Å². The van der Waals surface area contributed by atoms with Crippen LogP contribution < -0.4 is 14.8 Å². The Morgan fingerprint density at radius 1 is 1.21 bits per heavy atom. The lowest BCUT2D eigenvalue weighted by atomic mass is 10.1. The van der Waals surface area contributed by atoms with E-state index in [1.165, 1.54) is 22.7 Å². The fourth-order valence-electron chi connectivity index (χ4n) is 2.27. The number of methoxy groups -OCH3 is 2. The average Bonchev–Trinajstić information content (AvgIpc) is 3.24. The summed E-state index contributed by atoms with van der Waals surface area (Å²) in [6, 6.07) is 9.19. The summed E-state index contributed by atoms with van der Waals surface area (Å²) in [6.07, 6.45) is 0. The van der Waals surface area contributed by atoms with Gasteiger partial charge >= 0.3 is 0 Å². The number of thiazole rings is 1. The maximum Gasteiger partial charge on any atom is 0.267 e. The van der Waals surface area contributed by atoms with E-state index < -0.39 is 0 Å². The van der Waals surface area contributed by atoms with Crippen LogP contribution in [0.25, 0.3) is 11.3 Å². The minimum absolute atomic E-state index is 0.150. The van der Waals surface area contributed by atoms with E-state index in [0.29, 0.717) is 15.8 Å². The fourth-order valence-corrected chi connectivity index (χ4v) is 3.71. The minimum Gasteiger partial charge on any atom is -0.497 e. The molecule has 0 saturated heterocycles. The topological polar surface area (TPSA) is 60.5 Å². The average molecular weight is 360 g/mol. The van der Waals surface area contributed by atoms with Crippen molar-refractivity contribution in [1.82, 2.24) is 4.98 Å². The lowest BCUT2D eigenvalue weighted by Gasteiger charge is -2.09. The number of ether oxygens (including phenoxy) is 2. The van der Waals surface area contributed by atoms with Crippen LogP contribution in [-0.2, 0) is 0 Å². The fraction of sp³-hybridized carbons (Fsp3) is 0.176. The Morgan fingerprint density at radius 2 is 2.04 bits per heavy atom. The summed E-state index contributed by atoms with van der Waals surface area (Å²) in [4.78, 5) is 18.4. The third-order valence-electron chi connectivity index (χ3n) is 3.42. The number of carbonyl (C=O) groups is 1. The molecule has 0 spiro atoms. The van der Waals surface area contributed by atoms with Gasteiger partial charge in [0.25, 0.3) is 5.91 Å². The maximum atomic E-state index is 12.2. The number of thiophene rings is 1. The quantitative estimate of drug-likeness (QED) is 0.730. The second kappa shape index (κ2) is 7.02. The predicted octanol–water partition coefficient (Wildman–Crippen LogP) is 4.45. The number of carbonyl (C=O) groups excluding carboxylic acids is 1. The largest absolute Gasteiger partial charge is 0.497 e. The van der Waals surface area contributed by atoms with Gasteiger partial charge in [0.2, 0.25) is 0 Å². The molecule has 0 aliphatic heterocycles. The number of anilines is 1. The van der Waals surface area contributed by atoms with Crippen LogP contribution in [0.1, 0.15) is 14.5 Å². The molecule has 3 rings (SSSR count). The van der Waals surface area contributed by atoms with Crippen LogP contribution in [0.15, 0.2) is 35.7 Å². The number of hydrogen-bond donors (Lipinski definition) is 1. The Kier molecular flexibility index (Phi) is 4.82. The molecule has 0 atom stereocenters. The first-order valence-electron chi connectivity index (χ1n) is 7.17. The van der Waals surface area contributed by atoms with E-state index in [1.54, 1.807) is 20.3 Å². The van der Waals surface area contributed by atoms with E-state index >= 15 is 0 Å². The van der Waals surface area contributed by atoms with Crippen molar-refractivity contribution in [2.75, 3.05) is 19.5 Å². The molecule has 0 aliphatic rings. The second-order valence-corrected chi connectivity index (χ2v) is 7.07. The highest BCUT2D eigenvalue weighted by Crippen LogP contribution is 2.38. The number of amides is 1. The molecule has 0 aliphatic carbocycles. The van der Waals surface area contributed by atoms with Crippen LogP contribution in [0, 0.1) is 6.92 Å². The van der Waals surface area contributed by atoms with Gasteiger partial charge in [-0.05, 0) is 36.6 Å². The Balaban J connectivity index is 1.93. The Labute approximate surface area is 147 Å². The van der Waals surface area contributed by atoms with Gasteiger partial charge in [-0.2, -0.15) is 0 Å². The van der Waals surface area contributed by atoms with Crippen LogP contribution >= 0.6 is 22.7 Å². The zero-order chi connectivity index (χ0) is 17.1. The summed E-state index contributed by atoms with van der Waals surface area (Å²) >= 11 is 2.83. The number of benzene rings is 1. The highest BCUT2D eigenvalue weighted by atomic mass is 32.1. The van der Waals surface area contributed by atoms with Gasteiger partial charge in [0, 0.05) is 10.4 Å². The van der Waals surface area contributed by atoms with Gasteiger partial charge in [0.05, 0.1) is 24.8 Å². The van der Waals surface area contributed by atoms with Crippen molar-refractivity contribution < 1.29 is 14.3 Å². The van der Waals surface area contributed by atoms with Gasteiger partial charge in [-0.25, -0.2) is 4.98 Å². The van der Waals surface area contributed by atoms with E-state index in [2.05, 4.69) is 10.3 Å². The van der Waals surface area contributed by atoms with Crippen molar-refractivity contribution in [1.29, 1.82) is 0 Å². The minimum atomic E-state index is -0.150. The highest BCUT2D eigenvalue weighted by Gasteiger charge is 2.17. The first-order chi connectivity index (χ1) is 11.6. The lowest BCUT2D eigenvalue weighted by Crippen LogP contribution is -2.09. The van der Waals surface area contributed by atoms with Crippen LogP contribution in [0.2, 0.25) is 0 Å². The number of nitrogens with zero attached hydrogens (tertiary/aromatic N) is 1. The van der Waals surface area contributed by atoms with Gasteiger partial charge in [-0.1, -0.05) is 6.07 Å². The molecular formula is C17H16N2O3S2. The smallest absolute Gasteiger partial charge is 0.267 e. The molecule has 24 heavy (non-hydrogen) atoms. The second-order valence-electron chi connectivity index (χ2n) is 4.92. The van der Waals surface area contributed by atoms with Crippen molar-refractivity contribution in [3.05, 3.63) is 45.5 Å². The zero-order valence-electron chi connectivity index (χ0n) is 13.5. The summed E-state index contributed by atoms with van der Waals surface area (Å²) in [5.74, 6) is 1.28. The Hall–Kier alpha value is -2.38. The van der Waals surface area contributed by atoms with Gasteiger partial charge in [-0.3, -0.25) is 10.1 Å². The molecule has 5 nitrogen and oxygen atoms in total. The van der Waals surface area contributed by atoms with Crippen molar-refractivity contribution in [3.8, 4) is 22.8 Å². The molecule has 1 amide bonds. The zero-order valence-corrected chi connectivity index (χ0v) is 15.1. The molecule has 7 heteroatoms. The molecule has 2 heterocycles. The molecule has 3 aromatic rings. The summed E-state index contributed by atoms with van der Waals surface area (Å²) in [5.41, 5.74) is 1.61. The third-order valence-corrected chi connectivity index (χ3v) is 5.18. The predicted molar refractivity (Wildman–Crippen MR) is 97.7 cm³/mol. The number of aromatic nitrogens is 1. The molecule has 0 fully saturated rings. The van der Waals surface area contributed by atoms with E-state index in [1.807, 2.05) is 36.6 Å². The van der Waals surface area contributed by atoms with E-state index in [4.69, 9.17) is 9.47 Å². The number of hydrogen-bond acceptors (Lipinski definition) is 6. The van der Waals surface area contributed by atoms with E-state index in [0.717, 1.165) is 21.9 Å². The molecule has 2 aromatic heterocycles. The SMILES string of the molecule is COc1ccc(OC)c(-c2nc(NC(=O)c3cccs3)sc2C)c1. The summed E-state index contributed by atoms with van der Waals surface area (Å²) in [7, 11) is 3.23. The molecule has 124 valence electrons. The summed E-state index contributed by atoms with van der Waals surface area (Å²) in [5, 5.41) is 5.28. The summed E-state index contributed by atoms with van der Waals surface area (Å²) in [6.45, 7) is 1.96. The molecule has 1 N–H and O–H groups in total. The number of aryl methyl sites for hydroxylation is 1. The van der Waals surface area contributed by atoms with Crippen LogP contribution in [0.5, 0.6) is 11.5 Å². The normalized spacial score (nSPS) is 10.5. The Bertz CT molecular complexity index is 857. The highest BCUT2D eigenvalue weighted by molar-refractivity contribution is 7.16. The van der Waals surface area contributed by atoms with Crippen molar-refractivity contribution in [3.63, 3.8) is 0 Å². The van der Waals surface area contributed by atoms with Gasteiger partial charge in [-0.15, -0.1) is 22.7 Å². The van der Waals surface area contributed by atoms with Crippen molar-refractivity contribution in [2.45, 2.75) is 6.92 Å². The molecule has 0 radical (unpaired) electrons. The standard InChI is InChI=1S/C17H16N2O3S2/c1-10-15(12-9-11(21-2)6-7-13(12)22-3)18-17(24-10)19-16(20)14-5-4-8-23-14/h4-9H,1-3H3,(H,18,19,20). The summed E-state index contributed by atoms with van der Waals surface area (Å²) < 4.78 is 10.7. The van der Waals surface area contributed by atoms with Crippen molar-refractivity contribution in [2.24, 2.45) is 0 Å². The molecule has 1 aromatic carbocycles. The van der Waals surface area contributed by atoms with E-state index in [-0.39, 0.29) is 5.91 Å². The monoisotopic (exact) mass is 360 g/mol. The first kappa shape index (κ1) is 16.5. The van der Waals surface area contributed by atoms with Gasteiger partial charge in [0.15, 0.2) is 5.13 Å². The number of nitrogens with one attached hydrogen (secondary N) is 1. The van der Waals surface area contributed by atoms with Crippen LogP contribution in [0.3, 0.4) is 0 Å². The Morgan fingerprint density at radius 3 is 2.71 bits per heavy atom. The first-order valence-corrected chi connectivity index (χ1v) is 8.86. The molecule has 0 bridgehead atoms. The third kappa shape index (κ3) is 3.27. The molecular weight excluding hydrogens is 344 g/mol. The molecule has 0 unspecified atom stereocenters. The van der Waals surface area contributed by atoms with Crippen LogP contribution in [-0.4, -0.2) is 25.1 Å². The lowest BCUT2D eigenvalue weighted by molar-refractivity contribution is 0.103. The maximum absolute atomic E-state index is 12.2.